The Labute approximate surface area is 117 Å². The first-order chi connectivity index (χ1) is 9.12. The Morgan fingerprint density at radius 1 is 0.737 bits per heavy atom. The molecule has 0 amide bonds. The van der Waals surface area contributed by atoms with E-state index in [-0.39, 0.29) is 12.0 Å². The number of ether oxygens (including phenoxy) is 4. The molecule has 0 fully saturated rings. The Bertz CT molecular complexity index is 185. The van der Waals surface area contributed by atoms with Crippen molar-refractivity contribution in [3.63, 3.8) is 0 Å². The van der Waals surface area contributed by atoms with Gasteiger partial charge in [-0.3, -0.25) is 0 Å². The zero-order valence-electron chi connectivity index (χ0n) is 12.7. The van der Waals surface area contributed by atoms with E-state index in [0.29, 0.717) is 46.2 Å². The van der Waals surface area contributed by atoms with Gasteiger partial charge in [0.2, 0.25) is 0 Å². The van der Waals surface area contributed by atoms with Crippen LogP contribution in [0, 0.1) is 5.41 Å². The first-order valence-electron chi connectivity index (χ1n) is 7.04. The summed E-state index contributed by atoms with van der Waals surface area (Å²) in [6, 6.07) is 0. The fourth-order valence-corrected chi connectivity index (χ4v) is 1.23. The summed E-state index contributed by atoms with van der Waals surface area (Å²) in [4.78, 5) is 0. The average molecular weight is 278 g/mol. The highest BCUT2D eigenvalue weighted by Gasteiger charge is 2.15. The molecule has 0 rings (SSSR count). The molecule has 0 saturated carbocycles. The van der Waals surface area contributed by atoms with Gasteiger partial charge in [0, 0.05) is 19.8 Å². The fraction of sp³-hybridized carbons (Fsp3) is 1.00. The van der Waals surface area contributed by atoms with Crippen molar-refractivity contribution in [2.24, 2.45) is 5.41 Å². The predicted octanol–water partition coefficient (Wildman–Crippen LogP) is 1.48. The van der Waals surface area contributed by atoms with Crippen LogP contribution in [0.4, 0.5) is 0 Å². The minimum atomic E-state index is -0.0603. The van der Waals surface area contributed by atoms with Crippen molar-refractivity contribution in [2.75, 3.05) is 59.5 Å². The zero-order valence-corrected chi connectivity index (χ0v) is 12.7. The van der Waals surface area contributed by atoms with Crippen LogP contribution in [0.15, 0.2) is 0 Å². The molecule has 0 aromatic heterocycles. The molecule has 0 atom stereocenters. The molecule has 0 aliphatic carbocycles. The number of hydrogen-bond donors (Lipinski definition) is 1. The Balaban J connectivity index is 3.07. The van der Waals surface area contributed by atoms with E-state index < -0.39 is 0 Å². The predicted molar refractivity (Wildman–Crippen MR) is 74.4 cm³/mol. The van der Waals surface area contributed by atoms with Crippen molar-refractivity contribution >= 4 is 0 Å². The quantitative estimate of drug-likeness (QED) is 0.488. The normalized spacial score (nSPS) is 12.0. The van der Waals surface area contributed by atoms with E-state index in [9.17, 15) is 0 Å². The zero-order chi connectivity index (χ0) is 14.4. The van der Waals surface area contributed by atoms with Crippen molar-refractivity contribution in [1.82, 2.24) is 0 Å². The van der Waals surface area contributed by atoms with E-state index in [1.165, 1.54) is 0 Å². The summed E-state index contributed by atoms with van der Waals surface area (Å²) in [6.45, 7) is 11.2. The van der Waals surface area contributed by atoms with Gasteiger partial charge in [-0.05, 0) is 18.8 Å². The molecule has 0 bridgehead atoms. The summed E-state index contributed by atoms with van der Waals surface area (Å²) < 4.78 is 21.2. The van der Waals surface area contributed by atoms with Gasteiger partial charge in [0.05, 0.1) is 39.6 Å². The van der Waals surface area contributed by atoms with Gasteiger partial charge in [0.15, 0.2) is 0 Å². The molecule has 1 N–H and O–H groups in total. The standard InChI is InChI=1S/C14H30O5/c1-4-16-7-8-18-11-12-19-10-9-17-6-5-14(2,3)13-15/h15H,4-13H2,1-3H3. The average Bonchev–Trinajstić information content (AvgIpc) is 2.40. The van der Waals surface area contributed by atoms with Crippen molar-refractivity contribution in [2.45, 2.75) is 27.2 Å². The van der Waals surface area contributed by atoms with Crippen LogP contribution in [0.5, 0.6) is 0 Å². The molecule has 0 spiro atoms. The van der Waals surface area contributed by atoms with Crippen molar-refractivity contribution in [1.29, 1.82) is 0 Å². The Morgan fingerprint density at radius 3 is 1.58 bits per heavy atom. The van der Waals surface area contributed by atoms with E-state index in [1.807, 2.05) is 20.8 Å². The van der Waals surface area contributed by atoms with Gasteiger partial charge in [0.25, 0.3) is 0 Å². The molecule has 19 heavy (non-hydrogen) atoms. The highest BCUT2D eigenvalue weighted by Crippen LogP contribution is 2.18. The van der Waals surface area contributed by atoms with Crippen LogP contribution in [0.3, 0.4) is 0 Å². The summed E-state index contributed by atoms with van der Waals surface area (Å²) in [5, 5.41) is 9.07. The van der Waals surface area contributed by atoms with E-state index in [4.69, 9.17) is 24.1 Å². The summed E-state index contributed by atoms with van der Waals surface area (Å²) in [5.41, 5.74) is -0.0603. The second kappa shape index (κ2) is 12.8. The first kappa shape index (κ1) is 18.8. The fourth-order valence-electron chi connectivity index (χ4n) is 1.23. The number of rotatable bonds is 14. The van der Waals surface area contributed by atoms with Gasteiger partial charge in [0.1, 0.15) is 0 Å². The lowest BCUT2D eigenvalue weighted by molar-refractivity contribution is -0.00494. The van der Waals surface area contributed by atoms with E-state index in [0.717, 1.165) is 13.0 Å². The maximum atomic E-state index is 9.07. The molecule has 0 aromatic carbocycles. The lowest BCUT2D eigenvalue weighted by Crippen LogP contribution is -2.20. The molecule has 0 aliphatic heterocycles. The molecule has 5 heteroatoms. The van der Waals surface area contributed by atoms with Gasteiger partial charge in [-0.15, -0.1) is 0 Å². The topological polar surface area (TPSA) is 57.2 Å². The molecule has 116 valence electrons. The van der Waals surface area contributed by atoms with Gasteiger partial charge in [-0.2, -0.15) is 0 Å². The van der Waals surface area contributed by atoms with Crippen LogP contribution in [0.25, 0.3) is 0 Å². The smallest absolute Gasteiger partial charge is 0.0701 e. The maximum Gasteiger partial charge on any atom is 0.0701 e. The van der Waals surface area contributed by atoms with Crippen molar-refractivity contribution in [3.8, 4) is 0 Å². The summed E-state index contributed by atoms with van der Waals surface area (Å²) in [7, 11) is 0. The molecule has 5 nitrogen and oxygen atoms in total. The third kappa shape index (κ3) is 14.0. The largest absolute Gasteiger partial charge is 0.396 e. The van der Waals surface area contributed by atoms with Crippen LogP contribution >= 0.6 is 0 Å². The molecule has 0 saturated heterocycles. The lowest BCUT2D eigenvalue weighted by Gasteiger charge is -2.20. The van der Waals surface area contributed by atoms with Gasteiger partial charge >= 0.3 is 0 Å². The monoisotopic (exact) mass is 278 g/mol. The summed E-state index contributed by atoms with van der Waals surface area (Å²) in [5.74, 6) is 0. The molecule has 0 aromatic rings. The number of hydrogen-bond acceptors (Lipinski definition) is 5. The van der Waals surface area contributed by atoms with Crippen LogP contribution in [0.1, 0.15) is 27.2 Å². The summed E-state index contributed by atoms with van der Waals surface area (Å²) in [6.07, 6.45) is 0.851. The second-order valence-corrected chi connectivity index (χ2v) is 5.11. The lowest BCUT2D eigenvalue weighted by atomic mass is 9.91. The number of aliphatic hydroxyl groups excluding tert-OH is 1. The van der Waals surface area contributed by atoms with Gasteiger partial charge in [-0.1, -0.05) is 13.8 Å². The minimum absolute atomic E-state index is 0.0603. The highest BCUT2D eigenvalue weighted by molar-refractivity contribution is 4.65. The Morgan fingerprint density at radius 2 is 1.16 bits per heavy atom. The molecular weight excluding hydrogens is 248 g/mol. The Hall–Kier alpha value is -0.200. The minimum Gasteiger partial charge on any atom is -0.396 e. The molecule has 0 radical (unpaired) electrons. The Kier molecular flexibility index (Phi) is 12.7. The highest BCUT2D eigenvalue weighted by atomic mass is 16.6. The van der Waals surface area contributed by atoms with Crippen LogP contribution in [-0.2, 0) is 18.9 Å². The van der Waals surface area contributed by atoms with E-state index in [1.54, 1.807) is 0 Å². The molecular formula is C14H30O5. The van der Waals surface area contributed by atoms with Gasteiger partial charge < -0.3 is 24.1 Å². The third-order valence-corrected chi connectivity index (χ3v) is 2.67. The van der Waals surface area contributed by atoms with Crippen LogP contribution in [-0.4, -0.2) is 64.6 Å². The molecule has 0 aliphatic rings. The first-order valence-corrected chi connectivity index (χ1v) is 7.04. The van der Waals surface area contributed by atoms with Crippen molar-refractivity contribution in [3.05, 3.63) is 0 Å². The summed E-state index contributed by atoms with van der Waals surface area (Å²) >= 11 is 0. The van der Waals surface area contributed by atoms with Crippen LogP contribution < -0.4 is 0 Å². The molecule has 0 heterocycles. The maximum absolute atomic E-state index is 9.07. The van der Waals surface area contributed by atoms with Gasteiger partial charge in [-0.25, -0.2) is 0 Å². The second-order valence-electron chi connectivity index (χ2n) is 5.11. The van der Waals surface area contributed by atoms with Crippen LogP contribution in [0.2, 0.25) is 0 Å². The number of aliphatic hydroxyl groups is 1. The molecule has 0 unspecified atom stereocenters. The SMILES string of the molecule is CCOCCOCCOCCOCCC(C)(C)CO. The van der Waals surface area contributed by atoms with E-state index >= 15 is 0 Å². The van der Waals surface area contributed by atoms with E-state index in [2.05, 4.69) is 0 Å². The third-order valence-electron chi connectivity index (χ3n) is 2.67. The van der Waals surface area contributed by atoms with Crippen molar-refractivity contribution < 1.29 is 24.1 Å².